The smallest absolute Gasteiger partial charge is 0.0718 e. The van der Waals surface area contributed by atoms with Gasteiger partial charge in [-0.25, -0.2) is 0 Å². The molecule has 0 spiro atoms. The van der Waals surface area contributed by atoms with Crippen molar-refractivity contribution in [2.24, 2.45) is 0 Å². The topological polar surface area (TPSA) is 23.5 Å². The van der Waals surface area contributed by atoms with E-state index in [-0.39, 0.29) is 0 Å². The van der Waals surface area contributed by atoms with Crippen molar-refractivity contribution in [2.45, 2.75) is 25.9 Å². The van der Waals surface area contributed by atoms with Crippen molar-refractivity contribution in [1.29, 1.82) is 0 Å². The van der Waals surface area contributed by atoms with Crippen LogP contribution in [0.15, 0.2) is 0 Å². The lowest BCUT2D eigenvalue weighted by atomic mass is 10.1. The van der Waals surface area contributed by atoms with E-state index in [0.717, 1.165) is 13.1 Å². The molecule has 0 radical (unpaired) electrons. The highest BCUT2D eigenvalue weighted by Gasteiger charge is 2.14. The van der Waals surface area contributed by atoms with Crippen molar-refractivity contribution in [2.75, 3.05) is 32.1 Å². The van der Waals surface area contributed by atoms with Gasteiger partial charge in [0.1, 0.15) is 0 Å². The van der Waals surface area contributed by atoms with Gasteiger partial charge in [0, 0.05) is 6.54 Å². The zero-order valence-corrected chi connectivity index (χ0v) is 9.45. The minimum absolute atomic E-state index is 0.561. The molecule has 0 aliphatic rings. The van der Waals surface area contributed by atoms with Gasteiger partial charge in [0.2, 0.25) is 0 Å². The molecule has 0 aromatic rings. The Morgan fingerprint density at radius 1 is 1.42 bits per heavy atom. The maximum atomic E-state index is 9.50. The van der Waals surface area contributed by atoms with Crippen LogP contribution in [0, 0.1) is 0 Å². The zero-order valence-electron chi connectivity index (χ0n) is 8.63. The van der Waals surface area contributed by atoms with E-state index < -0.39 is 5.60 Å². The van der Waals surface area contributed by atoms with Gasteiger partial charge < -0.3 is 10.0 Å². The fraction of sp³-hybridized carbons (Fsp3) is 1.00. The first-order valence-corrected chi connectivity index (χ1v) is 5.75. The van der Waals surface area contributed by atoms with Crippen LogP contribution in [0.1, 0.15) is 20.3 Å². The lowest BCUT2D eigenvalue weighted by Gasteiger charge is -2.25. The molecule has 0 aliphatic carbocycles. The van der Waals surface area contributed by atoms with E-state index in [0.29, 0.717) is 0 Å². The first-order valence-electron chi connectivity index (χ1n) is 4.35. The van der Waals surface area contributed by atoms with E-state index in [2.05, 4.69) is 18.2 Å². The van der Waals surface area contributed by atoms with E-state index in [1.165, 1.54) is 12.2 Å². The van der Waals surface area contributed by atoms with E-state index in [1.54, 1.807) is 0 Å². The number of rotatable bonds is 6. The second kappa shape index (κ2) is 5.84. The molecule has 0 aliphatic heterocycles. The molecule has 0 fully saturated rings. The number of nitrogens with zero attached hydrogens (tertiary/aromatic N) is 1. The fourth-order valence-corrected chi connectivity index (χ4v) is 1.64. The molecule has 2 nitrogen and oxygen atoms in total. The van der Waals surface area contributed by atoms with Crippen LogP contribution in [-0.4, -0.2) is 47.8 Å². The van der Waals surface area contributed by atoms with Gasteiger partial charge in [0.05, 0.1) is 5.60 Å². The van der Waals surface area contributed by atoms with Crippen LogP contribution in [0.25, 0.3) is 0 Å². The van der Waals surface area contributed by atoms with Gasteiger partial charge in [-0.15, -0.1) is 0 Å². The lowest BCUT2D eigenvalue weighted by Crippen LogP contribution is -2.36. The maximum Gasteiger partial charge on any atom is 0.0718 e. The lowest BCUT2D eigenvalue weighted by molar-refractivity contribution is 0.0448. The van der Waals surface area contributed by atoms with E-state index >= 15 is 0 Å². The van der Waals surface area contributed by atoms with Crippen molar-refractivity contribution in [3.05, 3.63) is 0 Å². The molecule has 0 saturated carbocycles. The molecule has 0 rings (SSSR count). The Balaban J connectivity index is 3.40. The minimum atomic E-state index is -0.561. The summed E-state index contributed by atoms with van der Waals surface area (Å²) in [5.74, 6) is 1.20. The molecule has 3 heteroatoms. The fourth-order valence-electron chi connectivity index (χ4n) is 1.22. The van der Waals surface area contributed by atoms with Crippen LogP contribution in [0.2, 0.25) is 0 Å². The van der Waals surface area contributed by atoms with Gasteiger partial charge in [-0.3, -0.25) is 0 Å². The van der Waals surface area contributed by atoms with E-state index in [9.17, 15) is 5.11 Å². The van der Waals surface area contributed by atoms with Gasteiger partial charge in [-0.05, 0) is 45.9 Å². The summed E-state index contributed by atoms with van der Waals surface area (Å²) in [5, 5.41) is 9.50. The summed E-state index contributed by atoms with van der Waals surface area (Å²) in [6.07, 6.45) is 3.32. The largest absolute Gasteiger partial charge is 0.389 e. The third-order valence-corrected chi connectivity index (χ3v) is 2.24. The molecule has 74 valence electrons. The Morgan fingerprint density at radius 3 is 2.42 bits per heavy atom. The van der Waals surface area contributed by atoms with Crippen molar-refractivity contribution < 1.29 is 5.11 Å². The third-order valence-electron chi connectivity index (χ3n) is 1.55. The summed E-state index contributed by atoms with van der Waals surface area (Å²) < 4.78 is 0. The molecule has 0 saturated heterocycles. The normalized spacial score (nSPS) is 12.5. The average molecular weight is 191 g/mol. The van der Waals surface area contributed by atoms with E-state index in [4.69, 9.17) is 0 Å². The molecular formula is C9H21NOS. The number of hydrogen-bond acceptors (Lipinski definition) is 3. The Labute approximate surface area is 80.3 Å². The van der Waals surface area contributed by atoms with Gasteiger partial charge in [-0.2, -0.15) is 11.8 Å². The highest BCUT2D eigenvalue weighted by molar-refractivity contribution is 7.98. The molecular weight excluding hydrogens is 170 g/mol. The Morgan fingerprint density at radius 2 is 2.00 bits per heavy atom. The number of thioether (sulfide) groups is 1. The van der Waals surface area contributed by atoms with Crippen LogP contribution in [-0.2, 0) is 0 Å². The second-order valence-corrected chi connectivity index (χ2v) is 4.88. The first kappa shape index (κ1) is 12.3. The van der Waals surface area contributed by atoms with Crippen LogP contribution in [0.5, 0.6) is 0 Å². The Hall–Kier alpha value is 0.270. The second-order valence-electron chi connectivity index (χ2n) is 3.90. The summed E-state index contributed by atoms with van der Waals surface area (Å²) >= 11 is 1.87. The molecule has 0 atom stereocenters. The standard InChI is InChI=1S/C9H21NOS/c1-9(2,11)8-10(3)6-5-7-12-4/h11H,5-8H2,1-4H3. The predicted molar refractivity (Wildman–Crippen MR) is 56.8 cm³/mol. The molecule has 0 amide bonds. The molecule has 0 aromatic heterocycles. The van der Waals surface area contributed by atoms with Gasteiger partial charge in [0.15, 0.2) is 0 Å². The third kappa shape index (κ3) is 8.37. The average Bonchev–Trinajstić information content (AvgIpc) is 1.84. The van der Waals surface area contributed by atoms with Crippen LogP contribution < -0.4 is 0 Å². The molecule has 0 heterocycles. The minimum Gasteiger partial charge on any atom is -0.389 e. The number of likely N-dealkylation sites (N-methyl/N-ethyl adjacent to an activating group) is 1. The molecule has 1 N–H and O–H groups in total. The number of hydrogen-bond donors (Lipinski definition) is 1. The van der Waals surface area contributed by atoms with Gasteiger partial charge in [0.25, 0.3) is 0 Å². The van der Waals surface area contributed by atoms with Gasteiger partial charge >= 0.3 is 0 Å². The SMILES string of the molecule is CSCCCN(C)CC(C)(C)O. The summed E-state index contributed by atoms with van der Waals surface area (Å²) in [4.78, 5) is 2.18. The van der Waals surface area contributed by atoms with Crippen molar-refractivity contribution in [3.8, 4) is 0 Å². The molecule has 0 unspecified atom stereocenters. The summed E-state index contributed by atoms with van der Waals surface area (Å²) in [6.45, 7) is 5.52. The van der Waals surface area contributed by atoms with Crippen LogP contribution in [0.4, 0.5) is 0 Å². The summed E-state index contributed by atoms with van der Waals surface area (Å²) in [7, 11) is 2.05. The highest BCUT2D eigenvalue weighted by Crippen LogP contribution is 2.04. The maximum absolute atomic E-state index is 9.50. The van der Waals surface area contributed by atoms with Crippen LogP contribution in [0.3, 0.4) is 0 Å². The van der Waals surface area contributed by atoms with Gasteiger partial charge in [-0.1, -0.05) is 0 Å². The Bertz CT molecular complexity index is 112. The van der Waals surface area contributed by atoms with Crippen molar-refractivity contribution >= 4 is 11.8 Å². The van der Waals surface area contributed by atoms with Crippen molar-refractivity contribution in [1.82, 2.24) is 4.90 Å². The molecule has 0 aromatic carbocycles. The van der Waals surface area contributed by atoms with E-state index in [1.807, 2.05) is 25.6 Å². The summed E-state index contributed by atoms with van der Waals surface area (Å²) in [5.41, 5.74) is -0.561. The summed E-state index contributed by atoms with van der Waals surface area (Å²) in [6, 6.07) is 0. The zero-order chi connectivity index (χ0) is 9.61. The number of aliphatic hydroxyl groups is 1. The Kier molecular flexibility index (Phi) is 5.97. The molecule has 12 heavy (non-hydrogen) atoms. The van der Waals surface area contributed by atoms with Crippen LogP contribution >= 0.6 is 11.8 Å². The first-order chi connectivity index (χ1) is 5.45. The van der Waals surface area contributed by atoms with Crippen molar-refractivity contribution in [3.63, 3.8) is 0 Å². The molecule has 0 bridgehead atoms. The quantitative estimate of drug-likeness (QED) is 0.643. The predicted octanol–water partition coefficient (Wildman–Crippen LogP) is 1.44. The monoisotopic (exact) mass is 191 g/mol. The highest BCUT2D eigenvalue weighted by atomic mass is 32.2.